The van der Waals surface area contributed by atoms with Crippen LogP contribution in [-0.4, -0.2) is 31.4 Å². The fraction of sp³-hybridized carbons (Fsp3) is 0.182. The van der Waals surface area contributed by atoms with Gasteiger partial charge in [-0.1, -0.05) is 54.2 Å². The number of anilines is 1. The van der Waals surface area contributed by atoms with Gasteiger partial charge in [-0.2, -0.15) is 0 Å². The Morgan fingerprint density at radius 3 is 2.81 bits per heavy atom. The number of hydrogen-bond acceptors (Lipinski definition) is 7. The van der Waals surface area contributed by atoms with Gasteiger partial charge in [0, 0.05) is 18.0 Å². The average molecular weight is 452 g/mol. The second-order valence-electron chi connectivity index (χ2n) is 6.80. The summed E-state index contributed by atoms with van der Waals surface area (Å²) in [6.07, 6.45) is 0. The molecule has 9 heteroatoms. The Bertz CT molecular complexity index is 1170. The summed E-state index contributed by atoms with van der Waals surface area (Å²) in [5, 5.41) is 14.4. The number of aromatic nitrogens is 4. The van der Waals surface area contributed by atoms with E-state index in [1.807, 2.05) is 78.5 Å². The highest BCUT2D eigenvalue weighted by Crippen LogP contribution is 2.25. The molecule has 0 aliphatic heterocycles. The highest BCUT2D eigenvalue weighted by atomic mass is 32.2. The molecule has 0 fully saturated rings. The van der Waals surface area contributed by atoms with Crippen molar-refractivity contribution >= 4 is 34.1 Å². The van der Waals surface area contributed by atoms with Gasteiger partial charge in [0.05, 0.1) is 11.4 Å². The maximum absolute atomic E-state index is 12.3. The molecule has 7 nitrogen and oxygen atoms in total. The maximum Gasteiger partial charge on any atom is 0.236 e. The second kappa shape index (κ2) is 9.76. The monoisotopic (exact) mass is 451 g/mol. The zero-order chi connectivity index (χ0) is 21.6. The molecule has 0 saturated heterocycles. The number of nitrogens with one attached hydrogen (secondary N) is 1. The van der Waals surface area contributed by atoms with Crippen LogP contribution in [0.2, 0.25) is 0 Å². The highest BCUT2D eigenvalue weighted by molar-refractivity contribution is 7.99. The van der Waals surface area contributed by atoms with Crippen molar-refractivity contribution in [3.63, 3.8) is 0 Å². The molecular formula is C22H21N5O2S2. The van der Waals surface area contributed by atoms with Crippen LogP contribution in [0.15, 0.2) is 65.1 Å². The number of rotatable bonds is 8. The Kier molecular flexibility index (Phi) is 6.63. The van der Waals surface area contributed by atoms with Crippen LogP contribution in [0.5, 0.6) is 5.75 Å². The molecule has 0 spiro atoms. The molecule has 31 heavy (non-hydrogen) atoms. The van der Waals surface area contributed by atoms with Crippen LogP contribution in [0.1, 0.15) is 11.4 Å². The number of hydrogen-bond donors (Lipinski definition) is 1. The normalized spacial score (nSPS) is 10.8. The van der Waals surface area contributed by atoms with Crippen molar-refractivity contribution in [3.8, 4) is 17.0 Å². The average Bonchev–Trinajstić information content (AvgIpc) is 3.38. The SMILES string of the molecule is Cc1cccc(OCc2nnc(SCC(=O)Nc3nc(-c4ccccc4)cs3)n2C)c1. The number of aryl methyl sites for hydroxylation is 1. The van der Waals surface area contributed by atoms with Crippen LogP contribution in [-0.2, 0) is 18.4 Å². The Morgan fingerprint density at radius 1 is 1.16 bits per heavy atom. The predicted octanol–water partition coefficient (Wildman–Crippen LogP) is 4.56. The molecule has 0 saturated carbocycles. The molecule has 0 atom stereocenters. The summed E-state index contributed by atoms with van der Waals surface area (Å²) in [6, 6.07) is 17.7. The maximum atomic E-state index is 12.3. The summed E-state index contributed by atoms with van der Waals surface area (Å²) >= 11 is 2.73. The van der Waals surface area contributed by atoms with Gasteiger partial charge in [0.25, 0.3) is 0 Å². The zero-order valence-electron chi connectivity index (χ0n) is 17.1. The first-order valence-electron chi connectivity index (χ1n) is 9.60. The van der Waals surface area contributed by atoms with Crippen molar-refractivity contribution in [2.75, 3.05) is 11.1 Å². The van der Waals surface area contributed by atoms with Crippen LogP contribution in [0.25, 0.3) is 11.3 Å². The number of carbonyl (C=O) groups excluding carboxylic acids is 1. The number of thiazole rings is 1. The van der Waals surface area contributed by atoms with E-state index >= 15 is 0 Å². The van der Waals surface area contributed by atoms with E-state index in [1.165, 1.54) is 23.1 Å². The number of benzene rings is 2. The van der Waals surface area contributed by atoms with Crippen LogP contribution in [0.4, 0.5) is 5.13 Å². The third kappa shape index (κ3) is 5.50. The summed E-state index contributed by atoms with van der Waals surface area (Å²) in [6.45, 7) is 2.32. The van der Waals surface area contributed by atoms with Crippen molar-refractivity contribution < 1.29 is 9.53 Å². The molecule has 2 aromatic heterocycles. The molecule has 158 valence electrons. The largest absolute Gasteiger partial charge is 0.486 e. The minimum Gasteiger partial charge on any atom is -0.486 e. The van der Waals surface area contributed by atoms with Gasteiger partial charge < -0.3 is 14.6 Å². The van der Waals surface area contributed by atoms with Gasteiger partial charge in [0.1, 0.15) is 12.4 Å². The molecule has 2 heterocycles. The van der Waals surface area contributed by atoms with Crippen molar-refractivity contribution in [2.45, 2.75) is 18.7 Å². The predicted molar refractivity (Wildman–Crippen MR) is 123 cm³/mol. The van der Waals surface area contributed by atoms with E-state index in [0.29, 0.717) is 22.7 Å². The fourth-order valence-electron chi connectivity index (χ4n) is 2.81. The minimum absolute atomic E-state index is 0.139. The van der Waals surface area contributed by atoms with Gasteiger partial charge in [0.15, 0.2) is 16.1 Å². The smallest absolute Gasteiger partial charge is 0.236 e. The molecule has 0 aliphatic carbocycles. The standard InChI is InChI=1S/C22H21N5O2S2/c1-15-7-6-10-17(11-15)29-12-19-25-26-22(27(19)2)31-14-20(28)24-21-23-18(13-30-21)16-8-4-3-5-9-16/h3-11,13H,12,14H2,1-2H3,(H,23,24,28). The van der Waals surface area contributed by atoms with Crippen LogP contribution >= 0.6 is 23.1 Å². The van der Waals surface area contributed by atoms with Gasteiger partial charge in [-0.3, -0.25) is 4.79 Å². The third-order valence-corrected chi connectivity index (χ3v) is 6.21. The summed E-state index contributed by atoms with van der Waals surface area (Å²) < 4.78 is 7.63. The van der Waals surface area contributed by atoms with Gasteiger partial charge >= 0.3 is 0 Å². The molecule has 0 bridgehead atoms. The lowest BCUT2D eigenvalue weighted by molar-refractivity contribution is -0.113. The van der Waals surface area contributed by atoms with E-state index in [1.54, 1.807) is 0 Å². The van der Waals surface area contributed by atoms with Gasteiger partial charge in [-0.05, 0) is 24.6 Å². The van der Waals surface area contributed by atoms with E-state index < -0.39 is 0 Å². The first-order valence-corrected chi connectivity index (χ1v) is 11.5. The minimum atomic E-state index is -0.139. The van der Waals surface area contributed by atoms with Crippen molar-refractivity contribution in [1.82, 2.24) is 19.7 Å². The van der Waals surface area contributed by atoms with Crippen molar-refractivity contribution in [1.29, 1.82) is 0 Å². The highest BCUT2D eigenvalue weighted by Gasteiger charge is 2.13. The van der Waals surface area contributed by atoms with E-state index in [0.717, 1.165) is 22.6 Å². The van der Waals surface area contributed by atoms with Crippen LogP contribution in [0, 0.1) is 6.92 Å². The Balaban J connectivity index is 1.29. The molecule has 4 aromatic rings. The molecule has 1 N–H and O–H groups in total. The first-order chi connectivity index (χ1) is 15.1. The van der Waals surface area contributed by atoms with Crippen molar-refractivity contribution in [2.24, 2.45) is 7.05 Å². The van der Waals surface area contributed by atoms with Crippen molar-refractivity contribution in [3.05, 3.63) is 71.4 Å². The molecule has 0 unspecified atom stereocenters. The van der Waals surface area contributed by atoms with Gasteiger partial charge in [0.2, 0.25) is 5.91 Å². The Hall–Kier alpha value is -3.17. The summed E-state index contributed by atoms with van der Waals surface area (Å²) in [4.78, 5) is 16.8. The second-order valence-corrected chi connectivity index (χ2v) is 8.60. The lowest BCUT2D eigenvalue weighted by Gasteiger charge is -2.07. The molecule has 0 aliphatic rings. The number of nitrogens with zero attached hydrogens (tertiary/aromatic N) is 4. The van der Waals surface area contributed by atoms with Crippen LogP contribution < -0.4 is 10.1 Å². The zero-order valence-corrected chi connectivity index (χ0v) is 18.7. The number of thioether (sulfide) groups is 1. The summed E-state index contributed by atoms with van der Waals surface area (Å²) in [5.41, 5.74) is 3.00. The lowest BCUT2D eigenvalue weighted by Crippen LogP contribution is -2.14. The Labute approximate surface area is 188 Å². The number of carbonyl (C=O) groups is 1. The third-order valence-electron chi connectivity index (χ3n) is 4.44. The summed E-state index contributed by atoms with van der Waals surface area (Å²) in [7, 11) is 1.86. The summed E-state index contributed by atoms with van der Waals surface area (Å²) in [5.74, 6) is 1.55. The first kappa shape index (κ1) is 21.1. The molecule has 2 aromatic carbocycles. The lowest BCUT2D eigenvalue weighted by atomic mass is 10.2. The number of ether oxygens (including phenoxy) is 1. The number of amides is 1. The molecule has 1 amide bonds. The fourth-order valence-corrected chi connectivity index (χ4v) is 4.27. The molecule has 0 radical (unpaired) electrons. The van der Waals surface area contributed by atoms with E-state index in [2.05, 4.69) is 20.5 Å². The van der Waals surface area contributed by atoms with E-state index in [-0.39, 0.29) is 11.7 Å². The molecule has 4 rings (SSSR count). The Morgan fingerprint density at radius 2 is 2.00 bits per heavy atom. The van der Waals surface area contributed by atoms with E-state index in [9.17, 15) is 4.79 Å². The van der Waals surface area contributed by atoms with Gasteiger partial charge in [-0.25, -0.2) is 4.98 Å². The molecular weight excluding hydrogens is 430 g/mol. The van der Waals surface area contributed by atoms with Crippen LogP contribution in [0.3, 0.4) is 0 Å². The van der Waals surface area contributed by atoms with E-state index in [4.69, 9.17) is 4.74 Å². The topological polar surface area (TPSA) is 81.9 Å². The van der Waals surface area contributed by atoms with Gasteiger partial charge in [-0.15, -0.1) is 21.5 Å². The quantitative estimate of drug-likeness (QED) is 0.396.